The molecular weight excluding hydrogens is 440 g/mol. The quantitative estimate of drug-likeness (QED) is 0.330. The lowest BCUT2D eigenvalue weighted by molar-refractivity contribution is 0.484. The first-order valence-electron chi connectivity index (χ1n) is 8.85. The van der Waals surface area contributed by atoms with E-state index in [2.05, 4.69) is 9.71 Å². The van der Waals surface area contributed by atoms with Gasteiger partial charge in [-0.3, -0.25) is 9.71 Å². The van der Waals surface area contributed by atoms with E-state index in [-0.39, 0.29) is 12.5 Å². The van der Waals surface area contributed by atoms with Crippen LogP contribution in [-0.2, 0) is 16.4 Å². The number of sulfonamides is 1. The molecule has 0 aliphatic carbocycles. The number of pyridine rings is 1. The van der Waals surface area contributed by atoms with Gasteiger partial charge in [0.05, 0.1) is 5.69 Å². The summed E-state index contributed by atoms with van der Waals surface area (Å²) in [6, 6.07) is 19.6. The number of anilines is 1. The third-order valence-corrected chi connectivity index (χ3v) is 6.73. The van der Waals surface area contributed by atoms with Gasteiger partial charge in [0.25, 0.3) is 10.0 Å². The van der Waals surface area contributed by atoms with Crippen molar-refractivity contribution in [1.82, 2.24) is 4.98 Å². The second kappa shape index (κ2) is 9.55. The minimum absolute atomic E-state index is 0. The molecule has 4 aromatic rings. The lowest BCUT2D eigenvalue weighted by Crippen LogP contribution is -2.12. The number of nitrogens with one attached hydrogen (secondary N) is 1. The highest BCUT2D eigenvalue weighted by molar-refractivity contribution is 7.99. The van der Waals surface area contributed by atoms with Crippen LogP contribution in [0.4, 0.5) is 5.69 Å². The molecule has 2 aromatic heterocycles. The van der Waals surface area contributed by atoms with Gasteiger partial charge in [0, 0.05) is 39.0 Å². The molecular formula is C22H21ClN2O3S2. The molecule has 8 heteroatoms. The van der Waals surface area contributed by atoms with Crippen LogP contribution in [-0.4, -0.2) is 19.2 Å². The highest BCUT2D eigenvalue weighted by Gasteiger charge is 2.21. The molecule has 0 unspecified atom stereocenters. The normalized spacial score (nSPS) is 11.2. The summed E-state index contributed by atoms with van der Waals surface area (Å²) in [6.45, 7) is 0. The molecule has 0 atom stereocenters. The Labute approximate surface area is 185 Å². The molecule has 0 aliphatic heterocycles. The summed E-state index contributed by atoms with van der Waals surface area (Å²) in [7, 11) is -3.89. The Kier molecular flexibility index (Phi) is 7.07. The van der Waals surface area contributed by atoms with Crippen LogP contribution in [0.1, 0.15) is 13.1 Å². The van der Waals surface area contributed by atoms with Crippen LogP contribution in [0.5, 0.6) is 0 Å². The molecule has 30 heavy (non-hydrogen) atoms. The minimum atomic E-state index is -3.89. The molecule has 0 bridgehead atoms. The SMILES string of the molecule is C.O=S(=O)(Nc1cc(Cl)ccc1SCCc1ccccn1)c1cc2ccccc2o1. The van der Waals surface area contributed by atoms with Crippen molar-refractivity contribution in [1.29, 1.82) is 0 Å². The molecule has 2 aromatic carbocycles. The van der Waals surface area contributed by atoms with Crippen molar-refractivity contribution in [2.24, 2.45) is 0 Å². The van der Waals surface area contributed by atoms with Crippen LogP contribution in [0.2, 0.25) is 5.02 Å². The number of nitrogens with zero attached hydrogens (tertiary/aromatic N) is 1. The summed E-state index contributed by atoms with van der Waals surface area (Å²) in [6.07, 6.45) is 2.53. The molecule has 0 fully saturated rings. The molecule has 2 heterocycles. The van der Waals surface area contributed by atoms with E-state index in [4.69, 9.17) is 16.0 Å². The lowest BCUT2D eigenvalue weighted by atomic mass is 10.3. The summed E-state index contributed by atoms with van der Waals surface area (Å²) < 4.78 is 33.9. The smallest absolute Gasteiger partial charge is 0.295 e. The van der Waals surface area contributed by atoms with E-state index >= 15 is 0 Å². The van der Waals surface area contributed by atoms with Crippen molar-refractivity contribution in [3.8, 4) is 0 Å². The molecule has 156 valence electrons. The van der Waals surface area contributed by atoms with Gasteiger partial charge >= 0.3 is 0 Å². The summed E-state index contributed by atoms with van der Waals surface area (Å²) in [5, 5.41) is 1.04. The van der Waals surface area contributed by atoms with Crippen LogP contribution in [0.25, 0.3) is 11.0 Å². The highest BCUT2D eigenvalue weighted by Crippen LogP contribution is 2.33. The Morgan fingerprint density at radius 3 is 2.60 bits per heavy atom. The fourth-order valence-corrected chi connectivity index (χ4v) is 5.04. The van der Waals surface area contributed by atoms with Gasteiger partial charge in [0.2, 0.25) is 5.09 Å². The summed E-state index contributed by atoms with van der Waals surface area (Å²) in [4.78, 5) is 5.09. The van der Waals surface area contributed by atoms with Crippen LogP contribution >= 0.6 is 23.4 Å². The predicted molar refractivity (Wildman–Crippen MR) is 124 cm³/mol. The van der Waals surface area contributed by atoms with Gasteiger partial charge in [-0.15, -0.1) is 11.8 Å². The van der Waals surface area contributed by atoms with E-state index in [1.54, 1.807) is 36.5 Å². The number of aromatic nitrogens is 1. The van der Waals surface area contributed by atoms with Gasteiger partial charge in [0.1, 0.15) is 5.58 Å². The van der Waals surface area contributed by atoms with Crippen LogP contribution in [0.15, 0.2) is 87.3 Å². The first kappa shape index (κ1) is 22.2. The van der Waals surface area contributed by atoms with E-state index in [1.165, 1.54) is 17.8 Å². The van der Waals surface area contributed by atoms with E-state index in [0.717, 1.165) is 28.1 Å². The molecule has 0 aliphatic rings. The van der Waals surface area contributed by atoms with Crippen molar-refractivity contribution in [3.63, 3.8) is 0 Å². The Balaban J connectivity index is 0.00000256. The number of hydrogen-bond acceptors (Lipinski definition) is 5. The van der Waals surface area contributed by atoms with E-state index in [1.807, 2.05) is 30.3 Å². The van der Waals surface area contributed by atoms with E-state index in [0.29, 0.717) is 16.3 Å². The summed E-state index contributed by atoms with van der Waals surface area (Å²) >= 11 is 7.64. The Hall–Kier alpha value is -2.48. The topological polar surface area (TPSA) is 72.2 Å². The molecule has 1 N–H and O–H groups in total. The number of furan rings is 1. The van der Waals surface area contributed by atoms with Gasteiger partial charge in [0.15, 0.2) is 0 Å². The third-order valence-electron chi connectivity index (χ3n) is 4.20. The van der Waals surface area contributed by atoms with Crippen LogP contribution < -0.4 is 4.72 Å². The summed E-state index contributed by atoms with van der Waals surface area (Å²) in [5.74, 6) is 0.748. The van der Waals surface area contributed by atoms with Gasteiger partial charge in [-0.2, -0.15) is 8.42 Å². The number of aryl methyl sites for hydroxylation is 1. The van der Waals surface area contributed by atoms with Gasteiger partial charge in [-0.1, -0.05) is 43.3 Å². The molecule has 0 saturated carbocycles. The zero-order valence-electron chi connectivity index (χ0n) is 15.2. The van der Waals surface area contributed by atoms with Crippen molar-refractivity contribution < 1.29 is 12.8 Å². The maximum absolute atomic E-state index is 12.9. The highest BCUT2D eigenvalue weighted by atomic mass is 35.5. The average molecular weight is 461 g/mol. The average Bonchev–Trinajstić information content (AvgIpc) is 3.16. The molecule has 4 rings (SSSR count). The Morgan fingerprint density at radius 2 is 1.83 bits per heavy atom. The van der Waals surface area contributed by atoms with E-state index < -0.39 is 10.0 Å². The molecule has 0 radical (unpaired) electrons. The van der Waals surface area contributed by atoms with Crippen molar-refractivity contribution >= 4 is 50.0 Å². The standard InChI is InChI=1S/C21H17ClN2O3S2.CH4/c22-16-8-9-20(28-12-10-17-6-3-4-11-23-17)18(14-16)24-29(25,26)21-13-15-5-1-2-7-19(15)27-21;/h1-9,11,13-14,24H,10,12H2;1H4. The van der Waals surface area contributed by atoms with Crippen molar-refractivity contribution in [2.75, 3.05) is 10.5 Å². The number of fused-ring (bicyclic) bond motifs is 1. The van der Waals surface area contributed by atoms with Crippen molar-refractivity contribution in [3.05, 3.63) is 83.6 Å². The summed E-state index contributed by atoms with van der Waals surface area (Å²) in [5.41, 5.74) is 1.92. The fraction of sp³-hybridized carbons (Fsp3) is 0.136. The van der Waals surface area contributed by atoms with Crippen LogP contribution in [0, 0.1) is 0 Å². The first-order chi connectivity index (χ1) is 14.0. The fourth-order valence-electron chi connectivity index (χ4n) is 2.80. The maximum atomic E-state index is 12.9. The largest absolute Gasteiger partial charge is 0.443 e. The third kappa shape index (κ3) is 5.16. The Morgan fingerprint density at radius 1 is 1.03 bits per heavy atom. The number of thioether (sulfide) groups is 1. The van der Waals surface area contributed by atoms with Crippen LogP contribution in [0.3, 0.4) is 0 Å². The molecule has 0 spiro atoms. The number of rotatable bonds is 7. The molecule has 0 amide bonds. The van der Waals surface area contributed by atoms with E-state index in [9.17, 15) is 8.42 Å². The monoisotopic (exact) mass is 460 g/mol. The maximum Gasteiger partial charge on any atom is 0.295 e. The second-order valence-electron chi connectivity index (χ2n) is 6.27. The number of benzene rings is 2. The number of halogens is 1. The first-order valence-corrected chi connectivity index (χ1v) is 11.7. The predicted octanol–water partition coefficient (Wildman–Crippen LogP) is 6.25. The number of hydrogen-bond donors (Lipinski definition) is 1. The van der Waals surface area contributed by atoms with Gasteiger partial charge < -0.3 is 4.42 Å². The zero-order valence-corrected chi connectivity index (χ0v) is 17.6. The molecule has 5 nitrogen and oxygen atoms in total. The second-order valence-corrected chi connectivity index (χ2v) is 9.46. The number of para-hydroxylation sites is 1. The molecule has 0 saturated heterocycles. The lowest BCUT2D eigenvalue weighted by Gasteiger charge is -2.11. The van der Waals surface area contributed by atoms with Gasteiger partial charge in [-0.05, 0) is 42.8 Å². The van der Waals surface area contributed by atoms with Gasteiger partial charge in [-0.25, -0.2) is 0 Å². The van der Waals surface area contributed by atoms with Crippen molar-refractivity contribution in [2.45, 2.75) is 23.8 Å². The minimum Gasteiger partial charge on any atom is -0.443 e. The zero-order chi connectivity index (χ0) is 20.3. The Bertz CT molecular complexity index is 1210.